The average molecular weight is 466 g/mol. The lowest BCUT2D eigenvalue weighted by Gasteiger charge is -2.24. The van der Waals surface area contributed by atoms with Crippen molar-refractivity contribution in [2.75, 3.05) is 6.61 Å². The zero-order chi connectivity index (χ0) is 24.2. The van der Waals surface area contributed by atoms with E-state index in [4.69, 9.17) is 4.74 Å². The van der Waals surface area contributed by atoms with Gasteiger partial charge in [0.05, 0.1) is 36.6 Å². The third-order valence-electron chi connectivity index (χ3n) is 5.89. The number of benzene rings is 1. The molecule has 3 aromatic rings. The van der Waals surface area contributed by atoms with Crippen LogP contribution in [0.5, 0.6) is 0 Å². The topological polar surface area (TPSA) is 98.1 Å². The highest BCUT2D eigenvalue weighted by Gasteiger charge is 2.28. The molecular weight excluding hydrogens is 437 g/mol. The highest BCUT2D eigenvalue weighted by Crippen LogP contribution is 2.25. The van der Waals surface area contributed by atoms with E-state index in [0.29, 0.717) is 35.9 Å². The number of carbonyl (C=O) groups is 2. The molecule has 178 valence electrons. The van der Waals surface area contributed by atoms with E-state index < -0.39 is 6.04 Å². The van der Waals surface area contributed by atoms with Gasteiger partial charge in [-0.15, -0.1) is 0 Å². The maximum atomic E-state index is 13.4. The van der Waals surface area contributed by atoms with Gasteiger partial charge in [-0.25, -0.2) is 14.4 Å². The molecule has 0 saturated heterocycles. The second-order valence-electron chi connectivity index (χ2n) is 8.64. The number of nitrogens with one attached hydrogen (secondary N) is 2. The molecule has 4 rings (SSSR count). The van der Waals surface area contributed by atoms with Crippen LogP contribution in [0.15, 0.2) is 48.8 Å². The standard InChI is InChI=1S/C25H28FN5O3/c1-15(2)22(17-5-7-18(26)8-6-17)30-25(33)20-13-19(21-14-34-12-11-31(20)21)24(32)29-16(3)23-27-9-4-10-28-23/h4-10,13,15-16,22H,11-12,14H2,1-3H3,(H,29,32)(H,30,33). The number of hydrogen-bond donors (Lipinski definition) is 2. The lowest BCUT2D eigenvalue weighted by Crippen LogP contribution is -2.34. The molecule has 34 heavy (non-hydrogen) atoms. The number of rotatable bonds is 7. The molecule has 0 radical (unpaired) electrons. The van der Waals surface area contributed by atoms with Crippen LogP contribution >= 0.6 is 0 Å². The van der Waals surface area contributed by atoms with E-state index in [1.165, 1.54) is 12.1 Å². The highest BCUT2D eigenvalue weighted by molar-refractivity contribution is 6.01. The van der Waals surface area contributed by atoms with Crippen LogP contribution in [0, 0.1) is 11.7 Å². The summed E-state index contributed by atoms with van der Waals surface area (Å²) >= 11 is 0. The number of amides is 2. The van der Waals surface area contributed by atoms with Crippen molar-refractivity contribution in [1.82, 2.24) is 25.2 Å². The summed E-state index contributed by atoms with van der Waals surface area (Å²) in [5.41, 5.74) is 2.24. The van der Waals surface area contributed by atoms with Crippen molar-refractivity contribution < 1.29 is 18.7 Å². The summed E-state index contributed by atoms with van der Waals surface area (Å²) in [6, 6.07) is 8.71. The average Bonchev–Trinajstić information content (AvgIpc) is 3.23. The first-order valence-corrected chi connectivity index (χ1v) is 11.3. The third kappa shape index (κ3) is 4.99. The molecule has 1 aliphatic rings. The molecule has 3 heterocycles. The molecule has 0 spiro atoms. The van der Waals surface area contributed by atoms with Gasteiger partial charge >= 0.3 is 0 Å². The summed E-state index contributed by atoms with van der Waals surface area (Å²) in [5, 5.41) is 5.97. The minimum absolute atomic E-state index is 0.0722. The monoisotopic (exact) mass is 465 g/mol. The second-order valence-corrected chi connectivity index (χ2v) is 8.64. The van der Waals surface area contributed by atoms with Crippen LogP contribution in [-0.4, -0.2) is 33.0 Å². The number of aromatic nitrogens is 3. The summed E-state index contributed by atoms with van der Waals surface area (Å²) in [4.78, 5) is 34.8. The smallest absolute Gasteiger partial charge is 0.268 e. The van der Waals surface area contributed by atoms with E-state index in [-0.39, 0.29) is 36.2 Å². The van der Waals surface area contributed by atoms with Crippen LogP contribution in [0.2, 0.25) is 0 Å². The maximum absolute atomic E-state index is 13.4. The first-order chi connectivity index (χ1) is 16.3. The fourth-order valence-corrected chi connectivity index (χ4v) is 4.10. The SMILES string of the molecule is CC(NC(=O)c1cc(C(=O)NC(c2ccc(F)cc2)C(C)C)n2c1COCC2)c1ncccn1. The van der Waals surface area contributed by atoms with Crippen LogP contribution in [0.1, 0.15) is 70.8 Å². The van der Waals surface area contributed by atoms with E-state index in [9.17, 15) is 14.0 Å². The largest absolute Gasteiger partial charge is 0.373 e. The van der Waals surface area contributed by atoms with E-state index in [2.05, 4.69) is 20.6 Å². The number of hydrogen-bond acceptors (Lipinski definition) is 5. The predicted molar refractivity (Wildman–Crippen MR) is 123 cm³/mol. The second kappa shape index (κ2) is 10.1. The first-order valence-electron chi connectivity index (χ1n) is 11.3. The Bertz CT molecular complexity index is 1160. The minimum Gasteiger partial charge on any atom is -0.373 e. The molecule has 2 aromatic heterocycles. The third-order valence-corrected chi connectivity index (χ3v) is 5.89. The molecular formula is C25H28FN5O3. The van der Waals surface area contributed by atoms with E-state index in [1.807, 2.05) is 18.4 Å². The Balaban J connectivity index is 1.59. The van der Waals surface area contributed by atoms with Gasteiger partial charge in [0, 0.05) is 18.9 Å². The molecule has 2 unspecified atom stereocenters. The van der Waals surface area contributed by atoms with Gasteiger partial charge in [0.15, 0.2) is 0 Å². The quantitative estimate of drug-likeness (QED) is 0.556. The van der Waals surface area contributed by atoms with Crippen molar-refractivity contribution in [1.29, 1.82) is 0 Å². The molecule has 0 fully saturated rings. The summed E-state index contributed by atoms with van der Waals surface area (Å²) < 4.78 is 20.8. The van der Waals surface area contributed by atoms with E-state index in [1.54, 1.807) is 43.6 Å². The van der Waals surface area contributed by atoms with E-state index >= 15 is 0 Å². The minimum atomic E-state index is -0.408. The molecule has 2 atom stereocenters. The molecule has 1 aliphatic heterocycles. The molecule has 1 aromatic carbocycles. The van der Waals surface area contributed by atoms with Crippen molar-refractivity contribution in [3.8, 4) is 0 Å². The van der Waals surface area contributed by atoms with Gasteiger partial charge in [0.2, 0.25) is 0 Å². The summed E-state index contributed by atoms with van der Waals surface area (Å²) in [7, 11) is 0. The number of ether oxygens (including phenoxy) is 1. The van der Waals surface area contributed by atoms with Crippen LogP contribution in [0.3, 0.4) is 0 Å². The fourth-order valence-electron chi connectivity index (χ4n) is 4.10. The zero-order valence-electron chi connectivity index (χ0n) is 19.4. The van der Waals surface area contributed by atoms with E-state index in [0.717, 1.165) is 5.56 Å². The Hall–Kier alpha value is -3.59. The maximum Gasteiger partial charge on any atom is 0.268 e. The number of halogens is 1. The van der Waals surface area contributed by atoms with Gasteiger partial charge in [-0.05, 0) is 42.7 Å². The van der Waals surface area contributed by atoms with Crippen molar-refractivity contribution in [3.05, 3.63) is 82.9 Å². The lowest BCUT2D eigenvalue weighted by molar-refractivity contribution is 0.0771. The van der Waals surface area contributed by atoms with Crippen LogP contribution < -0.4 is 10.6 Å². The lowest BCUT2D eigenvalue weighted by atomic mass is 9.96. The van der Waals surface area contributed by atoms with Gasteiger partial charge in [0.25, 0.3) is 11.8 Å². The predicted octanol–water partition coefficient (Wildman–Crippen LogP) is 3.57. The van der Waals surface area contributed by atoms with Crippen molar-refractivity contribution >= 4 is 11.8 Å². The Morgan fingerprint density at radius 1 is 1.06 bits per heavy atom. The number of carbonyl (C=O) groups excluding carboxylic acids is 2. The fraction of sp³-hybridized carbons (Fsp3) is 0.360. The number of fused-ring (bicyclic) bond motifs is 1. The zero-order valence-corrected chi connectivity index (χ0v) is 19.4. The molecule has 0 bridgehead atoms. The van der Waals surface area contributed by atoms with Gasteiger partial charge < -0.3 is 19.9 Å². The van der Waals surface area contributed by atoms with Crippen molar-refractivity contribution in [2.24, 2.45) is 5.92 Å². The molecule has 0 saturated carbocycles. The molecule has 2 N–H and O–H groups in total. The van der Waals surface area contributed by atoms with Gasteiger partial charge in [-0.1, -0.05) is 26.0 Å². The number of nitrogens with zero attached hydrogens (tertiary/aromatic N) is 3. The normalized spacial score (nSPS) is 14.9. The molecule has 9 heteroatoms. The Morgan fingerprint density at radius 2 is 1.76 bits per heavy atom. The summed E-state index contributed by atoms with van der Waals surface area (Å²) in [5.74, 6) is -0.388. The van der Waals surface area contributed by atoms with Crippen LogP contribution in [0.25, 0.3) is 0 Å². The van der Waals surface area contributed by atoms with Gasteiger partial charge in [-0.3, -0.25) is 9.59 Å². The Morgan fingerprint density at radius 3 is 2.44 bits per heavy atom. The van der Waals surface area contributed by atoms with Crippen molar-refractivity contribution in [2.45, 2.75) is 46.0 Å². The first kappa shape index (κ1) is 23.6. The highest BCUT2D eigenvalue weighted by atomic mass is 19.1. The molecule has 0 aliphatic carbocycles. The van der Waals surface area contributed by atoms with Gasteiger partial charge in [-0.2, -0.15) is 0 Å². The molecule has 2 amide bonds. The van der Waals surface area contributed by atoms with Crippen LogP contribution in [0.4, 0.5) is 4.39 Å². The Kier molecular flexibility index (Phi) is 7.02. The summed E-state index contributed by atoms with van der Waals surface area (Å²) in [6.07, 6.45) is 3.24. The van der Waals surface area contributed by atoms with Gasteiger partial charge in [0.1, 0.15) is 17.3 Å². The Labute approximate surface area is 197 Å². The van der Waals surface area contributed by atoms with Crippen molar-refractivity contribution in [3.63, 3.8) is 0 Å². The van der Waals surface area contributed by atoms with Crippen LogP contribution in [-0.2, 0) is 17.9 Å². The molecule has 8 nitrogen and oxygen atoms in total. The summed E-state index contributed by atoms with van der Waals surface area (Å²) in [6.45, 7) is 6.92.